The number of thiazole rings is 1. The van der Waals surface area contributed by atoms with Gasteiger partial charge in [-0.25, -0.2) is 4.98 Å². The summed E-state index contributed by atoms with van der Waals surface area (Å²) in [5.41, 5.74) is 1.30. The summed E-state index contributed by atoms with van der Waals surface area (Å²) in [6.07, 6.45) is 3.68. The maximum atomic E-state index is 5.58. The number of hydrogen-bond acceptors (Lipinski definition) is 6. The van der Waals surface area contributed by atoms with Crippen LogP contribution in [0, 0.1) is 0 Å². The van der Waals surface area contributed by atoms with Gasteiger partial charge in [0.25, 0.3) is 0 Å². The standard InChI is InChI=1S/C15H22N4OS/c1-2-16-11-14-13(3-9-20-14)12-18-5-7-19(8-6-18)15-17-4-10-21-15/h3-4,9-10,16H,2,5-8,11-12H2,1H3. The fourth-order valence-electron chi connectivity index (χ4n) is 2.61. The third kappa shape index (κ3) is 3.64. The van der Waals surface area contributed by atoms with Gasteiger partial charge < -0.3 is 14.6 Å². The monoisotopic (exact) mass is 306 g/mol. The molecule has 2 aromatic rings. The number of anilines is 1. The van der Waals surface area contributed by atoms with Crippen molar-refractivity contribution in [3.63, 3.8) is 0 Å². The summed E-state index contributed by atoms with van der Waals surface area (Å²) in [5.74, 6) is 1.07. The minimum absolute atomic E-state index is 0.817. The van der Waals surface area contributed by atoms with Gasteiger partial charge in [0, 0.05) is 49.9 Å². The van der Waals surface area contributed by atoms with Gasteiger partial charge in [-0.1, -0.05) is 6.92 Å². The number of piperazine rings is 1. The van der Waals surface area contributed by atoms with E-state index in [9.17, 15) is 0 Å². The molecule has 1 aliphatic rings. The second-order valence-electron chi connectivity index (χ2n) is 5.23. The van der Waals surface area contributed by atoms with E-state index >= 15 is 0 Å². The summed E-state index contributed by atoms with van der Waals surface area (Å²) in [6.45, 7) is 9.12. The molecule has 2 aromatic heterocycles. The summed E-state index contributed by atoms with van der Waals surface area (Å²) in [4.78, 5) is 9.25. The number of aromatic nitrogens is 1. The van der Waals surface area contributed by atoms with Gasteiger partial charge in [-0.15, -0.1) is 11.3 Å². The van der Waals surface area contributed by atoms with E-state index in [-0.39, 0.29) is 0 Å². The van der Waals surface area contributed by atoms with Crippen LogP contribution >= 0.6 is 11.3 Å². The maximum absolute atomic E-state index is 5.58. The van der Waals surface area contributed by atoms with Crippen LogP contribution in [0.4, 0.5) is 5.13 Å². The van der Waals surface area contributed by atoms with Gasteiger partial charge in [-0.3, -0.25) is 4.90 Å². The van der Waals surface area contributed by atoms with E-state index in [1.807, 2.05) is 11.6 Å². The van der Waals surface area contributed by atoms with E-state index in [4.69, 9.17) is 4.42 Å². The summed E-state index contributed by atoms with van der Waals surface area (Å²) in [7, 11) is 0. The Hall–Kier alpha value is -1.37. The summed E-state index contributed by atoms with van der Waals surface area (Å²) >= 11 is 1.72. The van der Waals surface area contributed by atoms with Gasteiger partial charge in [0.1, 0.15) is 5.76 Å². The molecule has 0 unspecified atom stereocenters. The van der Waals surface area contributed by atoms with Crippen LogP contribution in [0.3, 0.4) is 0 Å². The van der Waals surface area contributed by atoms with Crippen LogP contribution in [-0.4, -0.2) is 42.6 Å². The Balaban J connectivity index is 1.52. The smallest absolute Gasteiger partial charge is 0.185 e. The molecule has 114 valence electrons. The lowest BCUT2D eigenvalue weighted by Crippen LogP contribution is -2.46. The zero-order valence-electron chi connectivity index (χ0n) is 12.4. The molecule has 6 heteroatoms. The zero-order chi connectivity index (χ0) is 14.5. The summed E-state index contributed by atoms with van der Waals surface area (Å²) in [5, 5.41) is 6.51. The Morgan fingerprint density at radius 1 is 1.33 bits per heavy atom. The van der Waals surface area contributed by atoms with E-state index in [0.29, 0.717) is 0 Å². The molecule has 0 bridgehead atoms. The number of hydrogen-bond donors (Lipinski definition) is 1. The third-order valence-electron chi connectivity index (χ3n) is 3.83. The highest BCUT2D eigenvalue weighted by molar-refractivity contribution is 7.13. The van der Waals surface area contributed by atoms with E-state index in [1.54, 1.807) is 17.6 Å². The lowest BCUT2D eigenvalue weighted by Gasteiger charge is -2.34. The number of nitrogens with one attached hydrogen (secondary N) is 1. The fourth-order valence-corrected chi connectivity index (χ4v) is 3.31. The van der Waals surface area contributed by atoms with Gasteiger partial charge in [0.05, 0.1) is 12.8 Å². The molecule has 3 rings (SSSR count). The minimum atomic E-state index is 0.817. The molecule has 0 aliphatic carbocycles. The molecule has 5 nitrogen and oxygen atoms in total. The molecule has 0 amide bonds. The van der Waals surface area contributed by atoms with Crippen LogP contribution in [0.25, 0.3) is 0 Å². The molecule has 0 saturated carbocycles. The lowest BCUT2D eigenvalue weighted by molar-refractivity contribution is 0.247. The molecule has 1 fully saturated rings. The van der Waals surface area contributed by atoms with Gasteiger partial charge in [-0.05, 0) is 12.6 Å². The topological polar surface area (TPSA) is 44.5 Å². The first kappa shape index (κ1) is 14.6. The van der Waals surface area contributed by atoms with Crippen molar-refractivity contribution in [1.29, 1.82) is 0 Å². The molecular formula is C15H22N4OS. The second kappa shape index (κ2) is 7.06. The SMILES string of the molecule is CCNCc1occc1CN1CCN(c2nccs2)CC1. The molecule has 0 atom stereocenters. The van der Waals surface area contributed by atoms with Gasteiger partial charge in [0.15, 0.2) is 5.13 Å². The maximum Gasteiger partial charge on any atom is 0.185 e. The molecular weight excluding hydrogens is 284 g/mol. The molecule has 1 N–H and O–H groups in total. The van der Waals surface area contributed by atoms with Crippen molar-refractivity contribution in [2.24, 2.45) is 0 Å². The van der Waals surface area contributed by atoms with Crippen LogP contribution < -0.4 is 10.2 Å². The van der Waals surface area contributed by atoms with Crippen molar-refractivity contribution < 1.29 is 4.42 Å². The van der Waals surface area contributed by atoms with Crippen LogP contribution in [-0.2, 0) is 13.1 Å². The van der Waals surface area contributed by atoms with Crippen LogP contribution in [0.1, 0.15) is 18.2 Å². The first-order chi connectivity index (χ1) is 10.4. The lowest BCUT2D eigenvalue weighted by atomic mass is 10.2. The minimum Gasteiger partial charge on any atom is -0.468 e. The van der Waals surface area contributed by atoms with Crippen molar-refractivity contribution in [3.05, 3.63) is 35.2 Å². The average molecular weight is 306 g/mol. The van der Waals surface area contributed by atoms with Crippen molar-refractivity contribution in [1.82, 2.24) is 15.2 Å². The van der Waals surface area contributed by atoms with Crippen LogP contribution in [0.5, 0.6) is 0 Å². The Morgan fingerprint density at radius 3 is 2.90 bits per heavy atom. The van der Waals surface area contributed by atoms with Crippen molar-refractivity contribution in [2.75, 3.05) is 37.6 Å². The average Bonchev–Trinajstić information content (AvgIpc) is 3.18. The van der Waals surface area contributed by atoms with Crippen molar-refractivity contribution >= 4 is 16.5 Å². The van der Waals surface area contributed by atoms with Crippen molar-refractivity contribution in [2.45, 2.75) is 20.0 Å². The molecule has 3 heterocycles. The predicted octanol–water partition coefficient (Wildman–Crippen LogP) is 2.17. The van der Waals surface area contributed by atoms with Gasteiger partial charge in [-0.2, -0.15) is 0 Å². The molecule has 0 spiro atoms. The largest absolute Gasteiger partial charge is 0.468 e. The first-order valence-electron chi connectivity index (χ1n) is 7.49. The fraction of sp³-hybridized carbons (Fsp3) is 0.533. The molecule has 0 aromatic carbocycles. The van der Waals surface area contributed by atoms with Crippen LogP contribution in [0.15, 0.2) is 28.3 Å². The predicted molar refractivity (Wildman–Crippen MR) is 85.7 cm³/mol. The highest BCUT2D eigenvalue weighted by atomic mass is 32.1. The highest BCUT2D eigenvalue weighted by Crippen LogP contribution is 2.20. The molecule has 1 aliphatic heterocycles. The van der Waals surface area contributed by atoms with E-state index in [1.165, 1.54) is 5.56 Å². The third-order valence-corrected chi connectivity index (χ3v) is 4.66. The van der Waals surface area contributed by atoms with Crippen LogP contribution in [0.2, 0.25) is 0 Å². The number of furan rings is 1. The number of rotatable bonds is 6. The highest BCUT2D eigenvalue weighted by Gasteiger charge is 2.20. The Labute approximate surface area is 129 Å². The quantitative estimate of drug-likeness (QED) is 0.886. The second-order valence-corrected chi connectivity index (χ2v) is 6.10. The Bertz CT molecular complexity index is 532. The first-order valence-corrected chi connectivity index (χ1v) is 8.37. The Morgan fingerprint density at radius 2 is 2.19 bits per heavy atom. The van der Waals surface area contributed by atoms with E-state index in [2.05, 4.69) is 33.1 Å². The van der Waals surface area contributed by atoms with Gasteiger partial charge in [0.2, 0.25) is 0 Å². The molecule has 1 saturated heterocycles. The molecule has 0 radical (unpaired) electrons. The number of nitrogens with zero attached hydrogens (tertiary/aromatic N) is 3. The zero-order valence-corrected chi connectivity index (χ0v) is 13.2. The van der Waals surface area contributed by atoms with Crippen molar-refractivity contribution in [3.8, 4) is 0 Å². The summed E-state index contributed by atoms with van der Waals surface area (Å²) < 4.78 is 5.58. The van der Waals surface area contributed by atoms with E-state index in [0.717, 1.165) is 56.7 Å². The summed E-state index contributed by atoms with van der Waals surface area (Å²) in [6, 6.07) is 2.10. The van der Waals surface area contributed by atoms with Gasteiger partial charge >= 0.3 is 0 Å². The Kier molecular flexibility index (Phi) is 4.90. The van der Waals surface area contributed by atoms with E-state index < -0.39 is 0 Å². The molecule has 21 heavy (non-hydrogen) atoms. The normalized spacial score (nSPS) is 16.5.